The summed E-state index contributed by atoms with van der Waals surface area (Å²) >= 11 is 0. The van der Waals surface area contributed by atoms with Crippen molar-refractivity contribution in [1.82, 2.24) is 0 Å². The molecule has 1 fully saturated rings. The molecule has 1 saturated carbocycles. The number of carbonyl (C=O) groups is 1. The molecule has 0 unspecified atom stereocenters. The second-order valence-electron chi connectivity index (χ2n) is 8.55. The number of benzene rings is 3. The van der Waals surface area contributed by atoms with Crippen molar-refractivity contribution in [2.45, 2.75) is 25.2 Å². The van der Waals surface area contributed by atoms with E-state index in [2.05, 4.69) is 35.1 Å². The van der Waals surface area contributed by atoms with Gasteiger partial charge in [0.15, 0.2) is 0 Å². The van der Waals surface area contributed by atoms with Gasteiger partial charge in [-0.15, -0.1) is 0 Å². The maximum absolute atomic E-state index is 13.2. The van der Waals surface area contributed by atoms with Crippen LogP contribution in [0.25, 0.3) is 11.1 Å². The molecule has 0 radical (unpaired) electrons. The van der Waals surface area contributed by atoms with Gasteiger partial charge in [0.05, 0.1) is 11.9 Å². The first kappa shape index (κ1) is 20.6. The van der Waals surface area contributed by atoms with Crippen molar-refractivity contribution in [2.24, 2.45) is 0 Å². The predicted octanol–water partition coefficient (Wildman–Crippen LogP) is 4.51. The lowest BCUT2D eigenvalue weighted by atomic mass is 9.93. The zero-order valence-corrected chi connectivity index (χ0v) is 18.5. The van der Waals surface area contributed by atoms with Gasteiger partial charge in [0.25, 0.3) is 5.91 Å². The van der Waals surface area contributed by atoms with Gasteiger partial charge in [0.1, 0.15) is 5.75 Å². The molecule has 0 spiro atoms. The fourth-order valence-electron chi connectivity index (χ4n) is 4.25. The van der Waals surface area contributed by atoms with Crippen molar-refractivity contribution in [3.63, 3.8) is 0 Å². The first-order valence-corrected chi connectivity index (χ1v) is 12.5. The normalized spacial score (nSPS) is 16.0. The van der Waals surface area contributed by atoms with Gasteiger partial charge in [-0.05, 0) is 71.7 Å². The Labute approximate surface area is 187 Å². The van der Waals surface area contributed by atoms with Crippen LogP contribution >= 0.6 is 0 Å². The summed E-state index contributed by atoms with van der Waals surface area (Å²) in [5.74, 6) is 0.392. The lowest BCUT2D eigenvalue weighted by molar-refractivity contribution is 0.0980. The molecule has 1 heterocycles. The van der Waals surface area contributed by atoms with Gasteiger partial charge >= 0.3 is 0 Å². The maximum atomic E-state index is 13.2. The number of aromatic hydroxyl groups is 1. The van der Waals surface area contributed by atoms with Crippen LogP contribution in [0.4, 0.5) is 11.4 Å². The Balaban J connectivity index is 1.41. The fourth-order valence-corrected chi connectivity index (χ4v) is 4.82. The van der Waals surface area contributed by atoms with Gasteiger partial charge in [-0.3, -0.25) is 9.52 Å². The van der Waals surface area contributed by atoms with E-state index >= 15 is 0 Å². The monoisotopic (exact) mass is 448 g/mol. The molecule has 0 aromatic heterocycles. The van der Waals surface area contributed by atoms with Crippen LogP contribution in [0, 0.1) is 0 Å². The number of phenolic OH excluding ortho intramolecular Hbond substituents is 1. The average molecular weight is 449 g/mol. The Morgan fingerprint density at radius 3 is 2.38 bits per heavy atom. The molecule has 0 bridgehead atoms. The summed E-state index contributed by atoms with van der Waals surface area (Å²) in [6, 6.07) is 19.1. The van der Waals surface area contributed by atoms with Crippen molar-refractivity contribution in [1.29, 1.82) is 0 Å². The first-order chi connectivity index (χ1) is 15.3. The lowest BCUT2D eigenvalue weighted by Gasteiger charge is -2.29. The minimum Gasteiger partial charge on any atom is -0.506 e. The van der Waals surface area contributed by atoms with E-state index in [1.807, 2.05) is 12.1 Å². The Morgan fingerprint density at radius 1 is 0.969 bits per heavy atom. The number of hydrogen-bond acceptors (Lipinski definition) is 4. The Hall–Kier alpha value is -3.32. The Bertz CT molecular complexity index is 1310. The van der Waals surface area contributed by atoms with Crippen molar-refractivity contribution in [3.8, 4) is 16.9 Å². The van der Waals surface area contributed by atoms with Crippen molar-refractivity contribution >= 4 is 27.3 Å². The average Bonchev–Trinajstić information content (AvgIpc) is 3.60. The summed E-state index contributed by atoms with van der Waals surface area (Å²) in [6.45, 7) is 0.471. The highest BCUT2D eigenvalue weighted by molar-refractivity contribution is 7.92. The van der Waals surface area contributed by atoms with Crippen molar-refractivity contribution in [2.75, 3.05) is 22.4 Å². The van der Waals surface area contributed by atoms with E-state index in [1.165, 1.54) is 30.5 Å². The van der Waals surface area contributed by atoms with Gasteiger partial charge in [-0.1, -0.05) is 36.4 Å². The number of carbonyl (C=O) groups excluding carboxylic acids is 1. The van der Waals surface area contributed by atoms with E-state index in [9.17, 15) is 18.3 Å². The highest BCUT2D eigenvalue weighted by Crippen LogP contribution is 2.40. The number of sulfonamides is 1. The third kappa shape index (κ3) is 4.08. The van der Waals surface area contributed by atoms with E-state index < -0.39 is 10.0 Å². The second-order valence-corrected chi connectivity index (χ2v) is 10.3. The quantitative estimate of drug-likeness (QED) is 0.562. The SMILES string of the molecule is CS(=O)(=O)Nc1cc(N2CCc3cc(-c4ccc(C5CC5)cc4)ccc3C2=O)ccc1O. The van der Waals surface area contributed by atoms with Crippen LogP contribution in [0.1, 0.15) is 40.2 Å². The molecule has 1 amide bonds. The molecule has 6 nitrogen and oxygen atoms in total. The molecule has 3 aromatic carbocycles. The van der Waals surface area contributed by atoms with Gasteiger partial charge in [0.2, 0.25) is 10.0 Å². The van der Waals surface area contributed by atoms with Crippen LogP contribution in [0.2, 0.25) is 0 Å². The largest absolute Gasteiger partial charge is 0.506 e. The van der Waals surface area contributed by atoms with Crippen LogP contribution in [-0.4, -0.2) is 32.2 Å². The van der Waals surface area contributed by atoms with Gasteiger partial charge in [0, 0.05) is 17.8 Å². The third-order valence-electron chi connectivity index (χ3n) is 6.07. The number of rotatable bonds is 5. The molecule has 0 atom stereocenters. The summed E-state index contributed by atoms with van der Waals surface area (Å²) in [7, 11) is -3.56. The summed E-state index contributed by atoms with van der Waals surface area (Å²) in [5.41, 5.74) is 5.86. The Morgan fingerprint density at radius 2 is 1.69 bits per heavy atom. The highest BCUT2D eigenvalue weighted by atomic mass is 32.2. The van der Waals surface area contributed by atoms with Gasteiger partial charge in [-0.25, -0.2) is 8.42 Å². The van der Waals surface area contributed by atoms with Crippen LogP contribution in [0.3, 0.4) is 0 Å². The number of fused-ring (bicyclic) bond motifs is 1. The molecule has 7 heteroatoms. The first-order valence-electron chi connectivity index (χ1n) is 10.6. The summed E-state index contributed by atoms with van der Waals surface area (Å²) in [6.07, 6.45) is 4.26. The smallest absolute Gasteiger partial charge is 0.258 e. The van der Waals surface area contributed by atoms with Crippen LogP contribution in [0.15, 0.2) is 60.7 Å². The van der Waals surface area contributed by atoms with E-state index in [4.69, 9.17) is 0 Å². The number of phenols is 1. The number of nitrogens with one attached hydrogen (secondary N) is 1. The molecule has 1 aliphatic carbocycles. The van der Waals surface area contributed by atoms with Gasteiger partial charge < -0.3 is 10.0 Å². The molecule has 2 N–H and O–H groups in total. The summed E-state index contributed by atoms with van der Waals surface area (Å²) in [5, 5.41) is 9.98. The lowest BCUT2D eigenvalue weighted by Crippen LogP contribution is -2.37. The minimum absolute atomic E-state index is 0.0496. The molecule has 32 heavy (non-hydrogen) atoms. The number of nitrogens with zero attached hydrogens (tertiary/aromatic N) is 1. The molecular weight excluding hydrogens is 424 g/mol. The van der Waals surface area contributed by atoms with Crippen molar-refractivity contribution < 1.29 is 18.3 Å². The molecule has 0 saturated heterocycles. The van der Waals surface area contributed by atoms with E-state index in [0.717, 1.165) is 28.9 Å². The standard InChI is InChI=1S/C25H24N2O4S/c1-32(30,31)26-23-15-21(9-11-24(23)28)27-13-12-20-14-19(8-10-22(20)25(27)29)18-6-4-17(5-7-18)16-2-3-16/h4-11,14-16,26,28H,2-3,12-13H2,1H3. The second kappa shape index (κ2) is 7.67. The zero-order valence-electron chi connectivity index (χ0n) is 17.7. The number of anilines is 2. The molecule has 3 aromatic rings. The molecule has 164 valence electrons. The van der Waals surface area contributed by atoms with Crippen molar-refractivity contribution in [3.05, 3.63) is 77.4 Å². The molecule has 5 rings (SSSR count). The Kier molecular flexibility index (Phi) is 4.93. The maximum Gasteiger partial charge on any atom is 0.258 e. The predicted molar refractivity (Wildman–Crippen MR) is 126 cm³/mol. The van der Waals surface area contributed by atoms with Crippen LogP contribution in [-0.2, 0) is 16.4 Å². The van der Waals surface area contributed by atoms with Crippen LogP contribution in [0.5, 0.6) is 5.75 Å². The molecule has 1 aliphatic heterocycles. The number of hydrogen-bond donors (Lipinski definition) is 2. The minimum atomic E-state index is -3.56. The fraction of sp³-hybridized carbons (Fsp3) is 0.240. The van der Waals surface area contributed by atoms with Crippen LogP contribution < -0.4 is 9.62 Å². The highest BCUT2D eigenvalue weighted by Gasteiger charge is 2.27. The summed E-state index contributed by atoms with van der Waals surface area (Å²) in [4.78, 5) is 14.8. The summed E-state index contributed by atoms with van der Waals surface area (Å²) < 4.78 is 25.4. The molecular formula is C25H24N2O4S. The van der Waals surface area contributed by atoms with E-state index in [1.54, 1.807) is 11.0 Å². The zero-order chi connectivity index (χ0) is 22.5. The topological polar surface area (TPSA) is 86.7 Å². The third-order valence-corrected chi connectivity index (χ3v) is 6.66. The van der Waals surface area contributed by atoms with Gasteiger partial charge in [-0.2, -0.15) is 0 Å². The van der Waals surface area contributed by atoms with E-state index in [-0.39, 0.29) is 17.3 Å². The molecule has 2 aliphatic rings. The number of amides is 1. The van der Waals surface area contributed by atoms with E-state index in [0.29, 0.717) is 24.2 Å².